The standard InChI is InChI=1S/C18H26O2S3/c1-6-20-16(19)15(14-10-8-7-9-11-14)22-17(21)23-18(4,5)12-13(2)3/h7-11,13,15H,6,12H2,1-5H3. The number of esters is 1. The minimum Gasteiger partial charge on any atom is -0.465 e. The van der Waals surface area contributed by atoms with Crippen molar-refractivity contribution in [2.45, 2.75) is 51.0 Å². The van der Waals surface area contributed by atoms with Crippen LogP contribution in [0.4, 0.5) is 0 Å². The second-order valence-corrected chi connectivity index (χ2v) is 10.4. The van der Waals surface area contributed by atoms with E-state index in [1.807, 2.05) is 37.3 Å². The highest BCUT2D eigenvalue weighted by Gasteiger charge is 2.28. The first kappa shape index (κ1) is 20.5. The lowest BCUT2D eigenvalue weighted by Crippen LogP contribution is -2.20. The summed E-state index contributed by atoms with van der Waals surface area (Å²) in [4.78, 5) is 12.3. The smallest absolute Gasteiger partial charge is 0.324 e. The van der Waals surface area contributed by atoms with Crippen LogP contribution in [0.2, 0.25) is 0 Å². The molecule has 1 rings (SSSR count). The topological polar surface area (TPSA) is 26.3 Å². The molecule has 0 saturated carbocycles. The van der Waals surface area contributed by atoms with Crippen LogP contribution >= 0.6 is 35.7 Å². The van der Waals surface area contributed by atoms with Gasteiger partial charge in [-0.1, -0.05) is 82.0 Å². The van der Waals surface area contributed by atoms with Crippen LogP contribution in [0.15, 0.2) is 30.3 Å². The lowest BCUT2D eigenvalue weighted by molar-refractivity contribution is -0.142. The van der Waals surface area contributed by atoms with Gasteiger partial charge in [-0.15, -0.1) is 11.8 Å². The van der Waals surface area contributed by atoms with E-state index in [1.165, 1.54) is 11.8 Å². The van der Waals surface area contributed by atoms with E-state index in [0.717, 1.165) is 15.5 Å². The fourth-order valence-electron chi connectivity index (χ4n) is 2.47. The maximum atomic E-state index is 12.3. The molecule has 23 heavy (non-hydrogen) atoms. The quantitative estimate of drug-likeness (QED) is 0.442. The number of carbonyl (C=O) groups excluding carboxylic acids is 1. The van der Waals surface area contributed by atoms with E-state index in [0.29, 0.717) is 12.5 Å². The normalized spacial score (nSPS) is 13.0. The third-order valence-corrected chi connectivity index (χ3v) is 5.93. The number of thiocarbonyl (C=S) groups is 1. The van der Waals surface area contributed by atoms with Gasteiger partial charge in [-0.3, -0.25) is 4.79 Å². The van der Waals surface area contributed by atoms with Gasteiger partial charge in [0.1, 0.15) is 8.78 Å². The van der Waals surface area contributed by atoms with Gasteiger partial charge in [0.05, 0.1) is 6.61 Å². The number of ether oxygens (including phenoxy) is 1. The predicted octanol–water partition coefficient (Wildman–Crippen LogP) is 5.87. The summed E-state index contributed by atoms with van der Waals surface area (Å²) in [5.41, 5.74) is 0.931. The van der Waals surface area contributed by atoms with Crippen LogP contribution in [-0.4, -0.2) is 20.9 Å². The van der Waals surface area contributed by atoms with Gasteiger partial charge >= 0.3 is 5.97 Å². The van der Waals surface area contributed by atoms with Crippen LogP contribution in [0.1, 0.15) is 51.9 Å². The van der Waals surface area contributed by atoms with Gasteiger partial charge < -0.3 is 4.74 Å². The molecule has 0 N–H and O–H groups in total. The highest BCUT2D eigenvalue weighted by molar-refractivity contribution is 8.47. The summed E-state index contributed by atoms with van der Waals surface area (Å²) in [5, 5.41) is -0.397. The summed E-state index contributed by atoms with van der Waals surface area (Å²) in [7, 11) is 0. The second-order valence-electron chi connectivity index (χ2n) is 6.37. The number of rotatable bonds is 7. The largest absolute Gasteiger partial charge is 0.465 e. The molecule has 1 atom stereocenters. The lowest BCUT2D eigenvalue weighted by atomic mass is 10.0. The molecule has 0 saturated heterocycles. The molecule has 0 aliphatic rings. The van der Waals surface area contributed by atoms with E-state index in [1.54, 1.807) is 11.8 Å². The average Bonchev–Trinajstić information content (AvgIpc) is 2.43. The number of hydrogen-bond donors (Lipinski definition) is 0. The number of hydrogen-bond acceptors (Lipinski definition) is 5. The van der Waals surface area contributed by atoms with E-state index >= 15 is 0 Å². The Morgan fingerprint density at radius 2 is 1.87 bits per heavy atom. The molecule has 2 nitrogen and oxygen atoms in total. The predicted molar refractivity (Wildman–Crippen MR) is 107 cm³/mol. The molecule has 128 valence electrons. The van der Waals surface area contributed by atoms with E-state index < -0.39 is 5.25 Å². The van der Waals surface area contributed by atoms with Crippen molar-refractivity contribution in [2.75, 3.05) is 6.61 Å². The van der Waals surface area contributed by atoms with Crippen LogP contribution < -0.4 is 0 Å². The zero-order valence-electron chi connectivity index (χ0n) is 14.5. The molecular formula is C18H26O2S3. The Labute approximate surface area is 154 Å². The highest BCUT2D eigenvalue weighted by Crippen LogP contribution is 2.41. The first-order valence-corrected chi connectivity index (χ1v) is 9.97. The molecule has 0 fully saturated rings. The van der Waals surface area contributed by atoms with E-state index in [2.05, 4.69) is 27.7 Å². The van der Waals surface area contributed by atoms with Crippen molar-refractivity contribution in [1.82, 2.24) is 0 Å². The number of carbonyl (C=O) groups is 1. The Bertz CT molecular complexity index is 512. The Hall–Kier alpha value is -0.520. The van der Waals surface area contributed by atoms with Crippen molar-refractivity contribution >= 4 is 45.2 Å². The van der Waals surface area contributed by atoms with Crippen molar-refractivity contribution in [2.24, 2.45) is 5.92 Å². The molecule has 0 spiro atoms. The molecule has 0 bridgehead atoms. The van der Waals surface area contributed by atoms with Crippen molar-refractivity contribution in [1.29, 1.82) is 0 Å². The van der Waals surface area contributed by atoms with Gasteiger partial charge in [-0.05, 0) is 24.8 Å². The van der Waals surface area contributed by atoms with Gasteiger partial charge in [0, 0.05) is 4.75 Å². The van der Waals surface area contributed by atoms with Crippen LogP contribution in [-0.2, 0) is 9.53 Å². The highest BCUT2D eigenvalue weighted by atomic mass is 32.2. The van der Waals surface area contributed by atoms with Gasteiger partial charge in [0.2, 0.25) is 0 Å². The molecule has 0 radical (unpaired) electrons. The molecular weight excluding hydrogens is 344 g/mol. The maximum Gasteiger partial charge on any atom is 0.324 e. The van der Waals surface area contributed by atoms with Crippen LogP contribution in [0.25, 0.3) is 0 Å². The van der Waals surface area contributed by atoms with E-state index in [-0.39, 0.29) is 10.7 Å². The van der Waals surface area contributed by atoms with Crippen molar-refractivity contribution in [3.05, 3.63) is 35.9 Å². The average molecular weight is 371 g/mol. The third-order valence-electron chi connectivity index (χ3n) is 3.08. The summed E-state index contributed by atoms with van der Waals surface area (Å²) in [5.74, 6) is 0.383. The summed E-state index contributed by atoms with van der Waals surface area (Å²) in [6, 6.07) is 9.69. The summed E-state index contributed by atoms with van der Waals surface area (Å²) in [6.07, 6.45) is 1.08. The Morgan fingerprint density at radius 3 is 2.39 bits per heavy atom. The summed E-state index contributed by atoms with van der Waals surface area (Å²) >= 11 is 8.65. The van der Waals surface area contributed by atoms with Crippen molar-refractivity contribution in [3.63, 3.8) is 0 Å². The Kier molecular flexibility index (Phi) is 8.65. The van der Waals surface area contributed by atoms with Crippen molar-refractivity contribution < 1.29 is 9.53 Å². The van der Waals surface area contributed by atoms with Gasteiger partial charge in [-0.25, -0.2) is 0 Å². The fourth-order valence-corrected chi connectivity index (χ4v) is 6.11. The summed E-state index contributed by atoms with van der Waals surface area (Å²) in [6.45, 7) is 11.0. The van der Waals surface area contributed by atoms with Gasteiger partial charge in [-0.2, -0.15) is 0 Å². The molecule has 1 unspecified atom stereocenters. The molecule has 0 amide bonds. The third kappa shape index (κ3) is 7.73. The van der Waals surface area contributed by atoms with Crippen molar-refractivity contribution in [3.8, 4) is 0 Å². The first-order valence-electron chi connectivity index (χ1n) is 7.86. The SMILES string of the molecule is CCOC(=O)C(SC(=S)SC(C)(C)CC(C)C)c1ccccc1. The molecule has 0 aliphatic carbocycles. The maximum absolute atomic E-state index is 12.3. The first-order chi connectivity index (χ1) is 10.7. The number of benzene rings is 1. The van der Waals surface area contributed by atoms with E-state index in [9.17, 15) is 4.79 Å². The zero-order chi connectivity index (χ0) is 17.5. The monoisotopic (exact) mass is 370 g/mol. The fraction of sp³-hybridized carbons (Fsp3) is 0.556. The van der Waals surface area contributed by atoms with Crippen LogP contribution in [0, 0.1) is 5.92 Å². The molecule has 5 heteroatoms. The van der Waals surface area contributed by atoms with Gasteiger partial charge in [0.15, 0.2) is 0 Å². The molecule has 0 aromatic heterocycles. The minimum absolute atomic E-state index is 0.0636. The van der Waals surface area contributed by atoms with Crippen LogP contribution in [0.3, 0.4) is 0 Å². The van der Waals surface area contributed by atoms with Crippen LogP contribution in [0.5, 0.6) is 0 Å². The molecule has 0 heterocycles. The Morgan fingerprint density at radius 1 is 1.26 bits per heavy atom. The van der Waals surface area contributed by atoms with Gasteiger partial charge in [0.25, 0.3) is 0 Å². The number of thioether (sulfide) groups is 2. The minimum atomic E-state index is -0.397. The molecule has 1 aromatic carbocycles. The summed E-state index contributed by atoms with van der Waals surface area (Å²) < 4.78 is 6.08. The van der Waals surface area contributed by atoms with E-state index in [4.69, 9.17) is 17.0 Å². The Balaban J connectivity index is 2.81. The second kappa shape index (κ2) is 9.70. The molecule has 1 aromatic rings. The molecule has 0 aliphatic heterocycles. The zero-order valence-corrected chi connectivity index (χ0v) is 16.9. The lowest BCUT2D eigenvalue weighted by Gasteiger charge is -2.27.